The number of nitro benzene ring substituents is 1. The Hall–Kier alpha value is -4.16. The second-order valence-electron chi connectivity index (χ2n) is 5.91. The second kappa shape index (κ2) is 7.61. The molecule has 13 nitrogen and oxygen atoms in total. The maximum Gasteiger partial charge on any atom is 0.293 e. The van der Waals surface area contributed by atoms with Crippen LogP contribution in [0, 0.1) is 10.1 Å². The van der Waals surface area contributed by atoms with Crippen molar-refractivity contribution in [1.82, 2.24) is 30.7 Å². The van der Waals surface area contributed by atoms with Crippen LogP contribution >= 0.6 is 0 Å². The number of rotatable bonds is 6. The number of aromatic nitrogens is 5. The van der Waals surface area contributed by atoms with Crippen LogP contribution in [0.4, 0.5) is 11.5 Å². The Kier molecular flexibility index (Phi) is 5.06. The van der Waals surface area contributed by atoms with E-state index in [0.717, 1.165) is 0 Å². The fraction of sp³-hybridized carbons (Fsp3) is 0.200. The van der Waals surface area contributed by atoms with Crippen molar-refractivity contribution in [2.24, 2.45) is 5.10 Å². The molecule has 1 amide bonds. The zero-order valence-corrected chi connectivity index (χ0v) is 14.8. The topological polar surface area (TPSA) is 180 Å². The Morgan fingerprint density at radius 3 is 2.64 bits per heavy atom. The Balaban J connectivity index is 1.78. The van der Waals surface area contributed by atoms with Gasteiger partial charge in [0.15, 0.2) is 5.69 Å². The Labute approximate surface area is 157 Å². The molecule has 0 aliphatic rings. The molecule has 3 N–H and O–H groups in total. The standard InChI is InChI=1S/C15H15N9O4/c1-8(2)12-11(18-22-23(12)14-13(16)20-28-21-14)15(25)19-17-7-9-3-5-10(6-4-9)24(26)27/h3-8H,1-2H3,(H2,16,20)(H,19,25). The molecule has 2 heterocycles. The van der Waals surface area contributed by atoms with Gasteiger partial charge >= 0.3 is 0 Å². The first kappa shape index (κ1) is 18.6. The quantitative estimate of drug-likeness (QED) is 0.356. The third-order valence-electron chi connectivity index (χ3n) is 3.65. The Bertz CT molecular complexity index is 1040. The monoisotopic (exact) mass is 385 g/mol. The zero-order chi connectivity index (χ0) is 20.3. The molecule has 0 aliphatic heterocycles. The van der Waals surface area contributed by atoms with Crippen molar-refractivity contribution in [1.29, 1.82) is 0 Å². The van der Waals surface area contributed by atoms with Crippen LogP contribution in [-0.2, 0) is 0 Å². The summed E-state index contributed by atoms with van der Waals surface area (Å²) in [6.45, 7) is 3.69. The van der Waals surface area contributed by atoms with Crippen molar-refractivity contribution in [2.75, 3.05) is 5.73 Å². The van der Waals surface area contributed by atoms with Crippen LogP contribution < -0.4 is 11.2 Å². The molecule has 0 unspecified atom stereocenters. The fourth-order valence-electron chi connectivity index (χ4n) is 2.36. The Morgan fingerprint density at radius 1 is 1.36 bits per heavy atom. The van der Waals surface area contributed by atoms with Gasteiger partial charge in [0.25, 0.3) is 11.6 Å². The molecule has 28 heavy (non-hydrogen) atoms. The zero-order valence-electron chi connectivity index (χ0n) is 14.8. The van der Waals surface area contributed by atoms with Crippen LogP contribution in [0.25, 0.3) is 5.82 Å². The molecule has 0 radical (unpaired) electrons. The Morgan fingerprint density at radius 2 is 2.07 bits per heavy atom. The third kappa shape index (κ3) is 3.67. The number of hydrazone groups is 1. The number of non-ortho nitro benzene ring substituents is 1. The number of hydrogen-bond donors (Lipinski definition) is 2. The molecule has 0 saturated heterocycles. The minimum Gasteiger partial charge on any atom is -0.378 e. The minimum absolute atomic E-state index is 0.00921. The molecule has 144 valence electrons. The van der Waals surface area contributed by atoms with E-state index in [1.165, 1.54) is 35.2 Å². The maximum absolute atomic E-state index is 12.5. The van der Waals surface area contributed by atoms with E-state index in [2.05, 4.69) is 35.8 Å². The predicted molar refractivity (Wildman–Crippen MR) is 95.9 cm³/mol. The van der Waals surface area contributed by atoms with Gasteiger partial charge in [-0.2, -0.15) is 9.78 Å². The molecule has 0 bridgehead atoms. The second-order valence-corrected chi connectivity index (χ2v) is 5.91. The van der Waals surface area contributed by atoms with E-state index in [4.69, 9.17) is 5.73 Å². The summed E-state index contributed by atoms with van der Waals surface area (Å²) in [6.07, 6.45) is 1.35. The first-order valence-corrected chi connectivity index (χ1v) is 8.00. The summed E-state index contributed by atoms with van der Waals surface area (Å²) in [7, 11) is 0. The molecule has 3 rings (SSSR count). The summed E-state index contributed by atoms with van der Waals surface area (Å²) < 4.78 is 5.84. The van der Waals surface area contributed by atoms with Crippen molar-refractivity contribution in [3.8, 4) is 5.82 Å². The van der Waals surface area contributed by atoms with Crippen LogP contribution in [0.15, 0.2) is 34.0 Å². The van der Waals surface area contributed by atoms with Gasteiger partial charge < -0.3 is 5.73 Å². The van der Waals surface area contributed by atoms with Gasteiger partial charge in [0.2, 0.25) is 11.6 Å². The fourth-order valence-corrected chi connectivity index (χ4v) is 2.36. The van der Waals surface area contributed by atoms with Crippen LogP contribution in [0.2, 0.25) is 0 Å². The van der Waals surface area contributed by atoms with Crippen LogP contribution in [0.3, 0.4) is 0 Å². The molecule has 13 heteroatoms. The number of nitrogens with zero attached hydrogens (tertiary/aromatic N) is 7. The molecule has 0 fully saturated rings. The number of carbonyl (C=O) groups is 1. The molecule has 0 spiro atoms. The number of nitro groups is 1. The highest BCUT2D eigenvalue weighted by Gasteiger charge is 2.25. The highest BCUT2D eigenvalue weighted by Crippen LogP contribution is 2.22. The maximum atomic E-state index is 12.5. The van der Waals surface area contributed by atoms with Gasteiger partial charge in [0.05, 0.1) is 16.8 Å². The van der Waals surface area contributed by atoms with Crippen molar-refractivity contribution < 1.29 is 14.3 Å². The highest BCUT2D eigenvalue weighted by molar-refractivity contribution is 5.94. The van der Waals surface area contributed by atoms with E-state index in [0.29, 0.717) is 11.3 Å². The van der Waals surface area contributed by atoms with Gasteiger partial charge in [-0.1, -0.05) is 19.1 Å². The molecule has 0 aliphatic carbocycles. The van der Waals surface area contributed by atoms with Gasteiger partial charge in [-0.05, 0) is 33.9 Å². The van der Waals surface area contributed by atoms with Crippen LogP contribution in [-0.4, -0.2) is 42.4 Å². The number of carbonyl (C=O) groups excluding carboxylic acids is 1. The summed E-state index contributed by atoms with van der Waals surface area (Å²) in [5.41, 5.74) is 9.04. The average Bonchev–Trinajstić information content (AvgIpc) is 3.27. The van der Waals surface area contributed by atoms with E-state index in [1.807, 2.05) is 13.8 Å². The lowest BCUT2D eigenvalue weighted by Gasteiger charge is -2.08. The van der Waals surface area contributed by atoms with E-state index >= 15 is 0 Å². The van der Waals surface area contributed by atoms with Crippen molar-refractivity contribution in [2.45, 2.75) is 19.8 Å². The van der Waals surface area contributed by atoms with Crippen molar-refractivity contribution in [3.63, 3.8) is 0 Å². The molecule has 0 saturated carbocycles. The SMILES string of the molecule is CC(C)c1c(C(=O)NN=Cc2ccc([N+](=O)[O-])cc2)nnn1-c1nonc1N. The molecule has 1 aromatic carbocycles. The summed E-state index contributed by atoms with van der Waals surface area (Å²) >= 11 is 0. The van der Waals surface area contributed by atoms with Gasteiger partial charge in [0.1, 0.15) is 0 Å². The number of nitrogens with two attached hydrogens (primary N) is 1. The van der Waals surface area contributed by atoms with E-state index < -0.39 is 10.8 Å². The first-order valence-electron chi connectivity index (χ1n) is 8.00. The number of amides is 1. The molecule has 2 aromatic heterocycles. The molecular weight excluding hydrogens is 370 g/mol. The lowest BCUT2D eigenvalue weighted by Crippen LogP contribution is -2.21. The number of nitrogen functional groups attached to an aromatic ring is 1. The third-order valence-corrected chi connectivity index (χ3v) is 3.65. The summed E-state index contributed by atoms with van der Waals surface area (Å²) in [5.74, 6) is -0.603. The lowest BCUT2D eigenvalue weighted by molar-refractivity contribution is -0.384. The lowest BCUT2D eigenvalue weighted by atomic mass is 10.1. The largest absolute Gasteiger partial charge is 0.378 e. The smallest absolute Gasteiger partial charge is 0.293 e. The van der Waals surface area contributed by atoms with Crippen molar-refractivity contribution in [3.05, 3.63) is 51.3 Å². The van der Waals surface area contributed by atoms with Gasteiger partial charge in [-0.15, -0.1) is 5.10 Å². The number of nitrogens with one attached hydrogen (secondary N) is 1. The first-order chi connectivity index (χ1) is 13.4. The normalized spacial score (nSPS) is 11.2. The number of hydrogen-bond acceptors (Lipinski definition) is 10. The van der Waals surface area contributed by atoms with Crippen molar-refractivity contribution >= 4 is 23.6 Å². The van der Waals surface area contributed by atoms with E-state index in [1.54, 1.807) is 0 Å². The number of benzene rings is 1. The molecule has 3 aromatic rings. The minimum atomic E-state index is -0.594. The van der Waals surface area contributed by atoms with Gasteiger partial charge in [-0.25, -0.2) is 10.1 Å². The van der Waals surface area contributed by atoms with E-state index in [9.17, 15) is 14.9 Å². The number of anilines is 1. The summed E-state index contributed by atoms with van der Waals surface area (Å²) in [4.78, 5) is 22.6. The predicted octanol–water partition coefficient (Wildman–Crippen LogP) is 1.03. The highest BCUT2D eigenvalue weighted by atomic mass is 16.6. The summed E-state index contributed by atoms with van der Waals surface area (Å²) in [6, 6.07) is 5.68. The molecule has 0 atom stereocenters. The molecular formula is C15H15N9O4. The average molecular weight is 385 g/mol. The van der Waals surface area contributed by atoms with Crippen LogP contribution in [0.5, 0.6) is 0 Å². The summed E-state index contributed by atoms with van der Waals surface area (Å²) in [5, 5.41) is 29.4. The van der Waals surface area contributed by atoms with E-state index in [-0.39, 0.29) is 28.9 Å². The van der Waals surface area contributed by atoms with Crippen LogP contribution in [0.1, 0.15) is 41.5 Å². The van der Waals surface area contributed by atoms with Gasteiger partial charge in [-0.3, -0.25) is 14.9 Å². The van der Waals surface area contributed by atoms with Gasteiger partial charge in [0, 0.05) is 12.1 Å².